The zero-order valence-corrected chi connectivity index (χ0v) is 10.8. The minimum atomic E-state index is -1.28. The van der Waals surface area contributed by atoms with Gasteiger partial charge in [-0.1, -0.05) is 13.8 Å². The molecule has 0 aromatic heterocycles. The number of carboxylic acid groups (broad SMARTS) is 1. The van der Waals surface area contributed by atoms with E-state index in [-0.39, 0.29) is 5.92 Å². The zero-order valence-electron chi connectivity index (χ0n) is 10.8. The van der Waals surface area contributed by atoms with Gasteiger partial charge in [-0.25, -0.2) is 0 Å². The third kappa shape index (κ3) is 5.14. The summed E-state index contributed by atoms with van der Waals surface area (Å²) in [6.07, 6.45) is 0.483. The van der Waals surface area contributed by atoms with E-state index >= 15 is 0 Å². The van der Waals surface area contributed by atoms with Crippen LogP contribution < -0.4 is 11.5 Å². The number of hydrogen-bond acceptors (Lipinski definition) is 5. The molecule has 6 heteroatoms. The lowest BCUT2D eigenvalue weighted by Gasteiger charge is -2.30. The number of ether oxygens (including phenoxy) is 1. The Morgan fingerprint density at radius 3 is 2.12 bits per heavy atom. The molecule has 2 atom stereocenters. The van der Waals surface area contributed by atoms with Gasteiger partial charge in [0.15, 0.2) is 0 Å². The molecule has 0 amide bonds. The Labute approximate surface area is 101 Å². The number of carbonyl (C=O) groups is 2. The molecule has 0 saturated heterocycles. The Bertz CT molecular complexity index is 289. The molecule has 17 heavy (non-hydrogen) atoms. The molecule has 100 valence electrons. The molecular formula is C11H22N2O4. The van der Waals surface area contributed by atoms with Gasteiger partial charge in [0.2, 0.25) is 0 Å². The third-order valence-corrected chi connectivity index (χ3v) is 2.41. The highest BCUT2D eigenvalue weighted by Crippen LogP contribution is 2.16. The van der Waals surface area contributed by atoms with Crippen molar-refractivity contribution >= 4 is 11.9 Å². The molecule has 0 heterocycles. The second kappa shape index (κ2) is 5.97. The first-order chi connectivity index (χ1) is 7.58. The van der Waals surface area contributed by atoms with E-state index in [9.17, 15) is 9.59 Å². The summed E-state index contributed by atoms with van der Waals surface area (Å²) in [5, 5.41) is 8.77. The molecule has 0 bridgehead atoms. The van der Waals surface area contributed by atoms with Gasteiger partial charge in [-0.05, 0) is 26.2 Å². The largest absolute Gasteiger partial charge is 0.480 e. The highest BCUT2D eigenvalue weighted by Gasteiger charge is 2.37. The Morgan fingerprint density at radius 1 is 1.29 bits per heavy atom. The van der Waals surface area contributed by atoms with Gasteiger partial charge in [0.25, 0.3) is 0 Å². The maximum Gasteiger partial charge on any atom is 0.324 e. The van der Waals surface area contributed by atoms with Crippen LogP contribution in [0.3, 0.4) is 0 Å². The van der Waals surface area contributed by atoms with E-state index in [1.807, 2.05) is 13.8 Å². The number of rotatable bonds is 6. The van der Waals surface area contributed by atoms with Crippen LogP contribution in [0.4, 0.5) is 0 Å². The van der Waals surface area contributed by atoms with Crippen LogP contribution in [0.1, 0.15) is 34.1 Å². The molecule has 0 radical (unpaired) electrons. The monoisotopic (exact) mass is 246 g/mol. The van der Waals surface area contributed by atoms with Gasteiger partial charge in [-0.3, -0.25) is 9.59 Å². The summed E-state index contributed by atoms with van der Waals surface area (Å²) in [4.78, 5) is 22.4. The second-order valence-corrected chi connectivity index (χ2v) is 5.08. The number of carbonyl (C=O) groups excluding carboxylic acids is 1. The van der Waals surface area contributed by atoms with Crippen LogP contribution in [0.15, 0.2) is 0 Å². The van der Waals surface area contributed by atoms with E-state index in [0.29, 0.717) is 6.42 Å². The Morgan fingerprint density at radius 2 is 1.76 bits per heavy atom. The zero-order chi connectivity index (χ0) is 13.8. The highest BCUT2D eigenvalue weighted by molar-refractivity contribution is 5.78. The Kier molecular flexibility index (Phi) is 5.57. The average Bonchev–Trinajstić information content (AvgIpc) is 2.14. The predicted molar refractivity (Wildman–Crippen MR) is 63.2 cm³/mol. The first-order valence-electron chi connectivity index (χ1n) is 5.54. The summed E-state index contributed by atoms with van der Waals surface area (Å²) in [5.41, 5.74) is 9.78. The summed E-state index contributed by atoms with van der Waals surface area (Å²) in [6.45, 7) is 6.76. The van der Waals surface area contributed by atoms with Crippen LogP contribution in [-0.2, 0) is 14.3 Å². The molecule has 6 nitrogen and oxygen atoms in total. The van der Waals surface area contributed by atoms with E-state index in [1.54, 1.807) is 0 Å². The fourth-order valence-electron chi connectivity index (χ4n) is 1.30. The van der Waals surface area contributed by atoms with Crippen molar-refractivity contribution in [2.24, 2.45) is 17.4 Å². The van der Waals surface area contributed by atoms with Gasteiger partial charge >= 0.3 is 11.9 Å². The highest BCUT2D eigenvalue weighted by atomic mass is 16.6. The summed E-state index contributed by atoms with van der Waals surface area (Å²) < 4.78 is 5.05. The van der Waals surface area contributed by atoms with Crippen LogP contribution >= 0.6 is 0 Å². The fraction of sp³-hybridized carbons (Fsp3) is 0.818. The fourth-order valence-corrected chi connectivity index (χ4v) is 1.30. The SMILES string of the molecule is CC(C)C[C@H](N)C(=O)OC(C)(C)C(N)C(=O)O. The van der Waals surface area contributed by atoms with Crippen molar-refractivity contribution in [1.82, 2.24) is 0 Å². The minimum Gasteiger partial charge on any atom is -0.480 e. The number of esters is 1. The lowest BCUT2D eigenvalue weighted by atomic mass is 9.99. The van der Waals surface area contributed by atoms with Gasteiger partial charge in [-0.2, -0.15) is 0 Å². The molecule has 0 saturated carbocycles. The molecule has 0 aromatic carbocycles. The van der Waals surface area contributed by atoms with Crippen LogP contribution in [0.2, 0.25) is 0 Å². The normalized spacial score (nSPS) is 15.5. The molecule has 0 aliphatic rings. The molecule has 1 unspecified atom stereocenters. The summed E-state index contributed by atoms with van der Waals surface area (Å²) in [5.74, 6) is -1.59. The van der Waals surface area contributed by atoms with Crippen molar-refractivity contribution in [2.45, 2.75) is 51.8 Å². The summed E-state index contributed by atoms with van der Waals surface area (Å²) in [6, 6.07) is -2.03. The first-order valence-corrected chi connectivity index (χ1v) is 5.54. The Balaban J connectivity index is 4.51. The van der Waals surface area contributed by atoms with Crippen LogP contribution in [0.5, 0.6) is 0 Å². The van der Waals surface area contributed by atoms with Gasteiger partial charge in [-0.15, -0.1) is 0 Å². The topological polar surface area (TPSA) is 116 Å². The van der Waals surface area contributed by atoms with E-state index in [2.05, 4.69) is 0 Å². The molecule has 0 aliphatic carbocycles. The van der Waals surface area contributed by atoms with E-state index in [1.165, 1.54) is 13.8 Å². The van der Waals surface area contributed by atoms with Crippen LogP contribution in [0.25, 0.3) is 0 Å². The van der Waals surface area contributed by atoms with Crippen LogP contribution in [0, 0.1) is 5.92 Å². The predicted octanol–water partition coefficient (Wildman–Crippen LogP) is 0.0935. The van der Waals surface area contributed by atoms with Gasteiger partial charge in [0, 0.05) is 0 Å². The van der Waals surface area contributed by atoms with E-state index in [4.69, 9.17) is 21.3 Å². The van der Waals surface area contributed by atoms with Crippen molar-refractivity contribution < 1.29 is 19.4 Å². The smallest absolute Gasteiger partial charge is 0.324 e. The first kappa shape index (κ1) is 15.9. The molecule has 0 aliphatic heterocycles. The molecule has 0 rings (SSSR count). The number of hydrogen-bond donors (Lipinski definition) is 3. The molecule has 0 fully saturated rings. The van der Waals surface area contributed by atoms with Gasteiger partial charge in [0.05, 0.1) is 0 Å². The minimum absolute atomic E-state index is 0.258. The van der Waals surface area contributed by atoms with Gasteiger partial charge in [0.1, 0.15) is 17.7 Å². The molecule has 5 N–H and O–H groups in total. The van der Waals surface area contributed by atoms with Gasteiger partial charge < -0.3 is 21.3 Å². The van der Waals surface area contributed by atoms with Crippen LogP contribution in [-0.4, -0.2) is 34.7 Å². The van der Waals surface area contributed by atoms with Crippen molar-refractivity contribution in [2.75, 3.05) is 0 Å². The lowest BCUT2D eigenvalue weighted by molar-refractivity contribution is -0.165. The van der Waals surface area contributed by atoms with E-state index < -0.39 is 29.6 Å². The van der Waals surface area contributed by atoms with Crippen molar-refractivity contribution in [3.8, 4) is 0 Å². The number of nitrogens with two attached hydrogens (primary N) is 2. The molecule has 0 spiro atoms. The number of aliphatic carboxylic acids is 1. The third-order valence-electron chi connectivity index (χ3n) is 2.41. The maximum atomic E-state index is 11.6. The molecule has 0 aromatic rings. The lowest BCUT2D eigenvalue weighted by Crippen LogP contribution is -2.53. The summed E-state index contributed by atoms with van der Waals surface area (Å²) in [7, 11) is 0. The summed E-state index contributed by atoms with van der Waals surface area (Å²) >= 11 is 0. The molecular weight excluding hydrogens is 224 g/mol. The maximum absolute atomic E-state index is 11.6. The van der Waals surface area contributed by atoms with Crippen molar-refractivity contribution in [3.63, 3.8) is 0 Å². The van der Waals surface area contributed by atoms with E-state index in [0.717, 1.165) is 0 Å². The quantitative estimate of drug-likeness (QED) is 0.572. The standard InChI is InChI=1S/C11H22N2O4/c1-6(2)5-7(12)10(16)17-11(3,4)8(13)9(14)15/h6-8H,5,12-13H2,1-4H3,(H,14,15)/t7-,8?/m0/s1. The number of carboxylic acids is 1. The second-order valence-electron chi connectivity index (χ2n) is 5.08. The average molecular weight is 246 g/mol. The Hall–Kier alpha value is -1.14. The van der Waals surface area contributed by atoms with Crippen molar-refractivity contribution in [3.05, 3.63) is 0 Å². The van der Waals surface area contributed by atoms with Crippen molar-refractivity contribution in [1.29, 1.82) is 0 Å².